The number of hydrogen-bond acceptors (Lipinski definition) is 0. The Labute approximate surface area is 111 Å². The summed E-state index contributed by atoms with van der Waals surface area (Å²) in [5.41, 5.74) is 0. The van der Waals surface area contributed by atoms with Gasteiger partial charge in [-0.05, 0) is 32.1 Å². The number of unbranched alkanes of at least 4 members (excludes halogenated alkanes) is 2. The first-order chi connectivity index (χ1) is 7.31. The van der Waals surface area contributed by atoms with Gasteiger partial charge >= 0.3 is 0 Å². The maximum Gasteiger partial charge on any atom is 0.0277 e. The van der Waals surface area contributed by atoms with Crippen LogP contribution < -0.4 is 0 Å². The monoisotopic (exact) mass is 334 g/mol. The molecule has 0 amide bonds. The standard InChI is InChI=1S/C13H20Br2/c1-2-3-4-5-6-7-8-9-10-11-13(15)12-14/h2,5-6,9-10,13H,1,3-4,7-8,11-12H2/b6-5+,10-9+. The van der Waals surface area contributed by atoms with Crippen LogP contribution in [0, 0.1) is 0 Å². The van der Waals surface area contributed by atoms with E-state index in [9.17, 15) is 0 Å². The van der Waals surface area contributed by atoms with Gasteiger partial charge in [0.25, 0.3) is 0 Å². The molecule has 0 nitrogen and oxygen atoms in total. The molecular weight excluding hydrogens is 316 g/mol. The molecule has 0 saturated heterocycles. The highest BCUT2D eigenvalue weighted by Gasteiger charge is 1.95. The van der Waals surface area contributed by atoms with Crippen LogP contribution in [0.1, 0.15) is 32.1 Å². The van der Waals surface area contributed by atoms with E-state index in [1.165, 1.54) is 0 Å². The number of rotatable bonds is 9. The predicted octanol–water partition coefficient (Wildman–Crippen LogP) is 5.39. The Bertz CT molecular complexity index is 195. The zero-order chi connectivity index (χ0) is 11.4. The smallest absolute Gasteiger partial charge is 0.0277 e. The molecule has 0 spiro atoms. The fraction of sp³-hybridized carbons (Fsp3) is 0.538. The molecule has 0 fully saturated rings. The first-order valence-corrected chi connectivity index (χ1v) is 7.46. The summed E-state index contributed by atoms with van der Waals surface area (Å²) in [5.74, 6) is 0. The third kappa shape index (κ3) is 12.1. The summed E-state index contributed by atoms with van der Waals surface area (Å²) in [7, 11) is 0. The van der Waals surface area contributed by atoms with Crippen LogP contribution >= 0.6 is 31.9 Å². The molecule has 0 rings (SSSR count). The van der Waals surface area contributed by atoms with E-state index in [0.717, 1.165) is 37.4 Å². The van der Waals surface area contributed by atoms with E-state index in [1.807, 2.05) is 6.08 Å². The zero-order valence-electron chi connectivity index (χ0n) is 9.17. The lowest BCUT2D eigenvalue weighted by Gasteiger charge is -1.98. The molecule has 0 aromatic carbocycles. The Balaban J connectivity index is 3.29. The lowest BCUT2D eigenvalue weighted by molar-refractivity contribution is 0.978. The van der Waals surface area contributed by atoms with Gasteiger partial charge in [0, 0.05) is 10.2 Å². The minimum absolute atomic E-state index is 0.567. The molecule has 0 heterocycles. The highest BCUT2D eigenvalue weighted by molar-refractivity contribution is 9.12. The van der Waals surface area contributed by atoms with Gasteiger partial charge in [-0.2, -0.15) is 0 Å². The van der Waals surface area contributed by atoms with Crippen LogP contribution in [0.25, 0.3) is 0 Å². The van der Waals surface area contributed by atoms with Gasteiger partial charge in [-0.25, -0.2) is 0 Å². The molecule has 0 aromatic heterocycles. The van der Waals surface area contributed by atoms with Crippen LogP contribution in [-0.4, -0.2) is 10.2 Å². The van der Waals surface area contributed by atoms with Crippen molar-refractivity contribution in [1.82, 2.24) is 0 Å². The molecule has 0 aliphatic heterocycles. The highest BCUT2D eigenvalue weighted by atomic mass is 79.9. The fourth-order valence-corrected chi connectivity index (χ4v) is 1.55. The minimum atomic E-state index is 0.567. The second-order valence-electron chi connectivity index (χ2n) is 3.37. The van der Waals surface area contributed by atoms with Gasteiger partial charge in [0.2, 0.25) is 0 Å². The lowest BCUT2D eigenvalue weighted by Crippen LogP contribution is -1.94. The summed E-state index contributed by atoms with van der Waals surface area (Å²) in [5, 5.41) is 1.01. The van der Waals surface area contributed by atoms with Crippen LogP contribution in [-0.2, 0) is 0 Å². The molecule has 1 unspecified atom stereocenters. The molecule has 0 aliphatic rings. The highest BCUT2D eigenvalue weighted by Crippen LogP contribution is 2.09. The topological polar surface area (TPSA) is 0 Å². The summed E-state index contributed by atoms with van der Waals surface area (Å²) in [6.07, 6.45) is 16.6. The average molecular weight is 336 g/mol. The molecule has 0 saturated carbocycles. The first kappa shape index (κ1) is 15.2. The van der Waals surface area contributed by atoms with E-state index in [2.05, 4.69) is 62.7 Å². The van der Waals surface area contributed by atoms with Crippen molar-refractivity contribution >= 4 is 31.9 Å². The summed E-state index contributed by atoms with van der Waals surface area (Å²) in [6.45, 7) is 3.69. The second-order valence-corrected chi connectivity index (χ2v) is 5.32. The molecule has 0 aromatic rings. The summed E-state index contributed by atoms with van der Waals surface area (Å²) in [6, 6.07) is 0. The van der Waals surface area contributed by atoms with Gasteiger partial charge in [-0.3, -0.25) is 0 Å². The molecule has 2 heteroatoms. The summed E-state index contributed by atoms with van der Waals surface area (Å²) in [4.78, 5) is 0.567. The zero-order valence-corrected chi connectivity index (χ0v) is 12.3. The Morgan fingerprint density at radius 2 is 1.47 bits per heavy atom. The average Bonchev–Trinajstić information content (AvgIpc) is 2.26. The van der Waals surface area contributed by atoms with E-state index < -0.39 is 0 Å². The first-order valence-electron chi connectivity index (χ1n) is 5.42. The van der Waals surface area contributed by atoms with E-state index >= 15 is 0 Å². The maximum absolute atomic E-state index is 3.69. The molecule has 0 aliphatic carbocycles. The molecule has 0 N–H and O–H groups in total. The van der Waals surface area contributed by atoms with Crippen LogP contribution in [0.2, 0.25) is 0 Å². The fourth-order valence-electron chi connectivity index (χ4n) is 1.07. The quantitative estimate of drug-likeness (QED) is 0.301. The normalized spacial score (nSPS) is 13.7. The largest absolute Gasteiger partial charge is 0.103 e. The van der Waals surface area contributed by atoms with Crippen molar-refractivity contribution in [1.29, 1.82) is 0 Å². The van der Waals surface area contributed by atoms with Crippen molar-refractivity contribution < 1.29 is 0 Å². The lowest BCUT2D eigenvalue weighted by atomic mass is 10.2. The molecule has 15 heavy (non-hydrogen) atoms. The summed E-state index contributed by atoms with van der Waals surface area (Å²) < 4.78 is 0. The van der Waals surface area contributed by atoms with Gasteiger partial charge in [0.1, 0.15) is 0 Å². The van der Waals surface area contributed by atoms with E-state index in [0.29, 0.717) is 4.83 Å². The molecular formula is C13H20Br2. The van der Waals surface area contributed by atoms with E-state index in [1.54, 1.807) is 0 Å². The van der Waals surface area contributed by atoms with Gasteiger partial charge in [0.15, 0.2) is 0 Å². The Morgan fingerprint density at radius 3 is 2.00 bits per heavy atom. The van der Waals surface area contributed by atoms with Crippen LogP contribution in [0.3, 0.4) is 0 Å². The van der Waals surface area contributed by atoms with Crippen LogP contribution in [0.15, 0.2) is 37.0 Å². The molecule has 86 valence electrons. The van der Waals surface area contributed by atoms with Gasteiger partial charge in [-0.15, -0.1) is 6.58 Å². The summed E-state index contributed by atoms with van der Waals surface area (Å²) >= 11 is 7.00. The van der Waals surface area contributed by atoms with Gasteiger partial charge < -0.3 is 0 Å². The van der Waals surface area contributed by atoms with Crippen molar-refractivity contribution in [2.75, 3.05) is 5.33 Å². The number of alkyl halides is 2. The van der Waals surface area contributed by atoms with Crippen molar-refractivity contribution in [3.8, 4) is 0 Å². The van der Waals surface area contributed by atoms with E-state index in [-0.39, 0.29) is 0 Å². The SMILES string of the molecule is C=CCC/C=C/CC/C=C/CC(Br)CBr. The Morgan fingerprint density at radius 1 is 0.933 bits per heavy atom. The molecule has 1 atom stereocenters. The number of allylic oxidation sites excluding steroid dienone is 5. The predicted molar refractivity (Wildman–Crippen MR) is 78.1 cm³/mol. The molecule has 0 bridgehead atoms. The van der Waals surface area contributed by atoms with Gasteiger partial charge in [0.05, 0.1) is 0 Å². The Kier molecular flexibility index (Phi) is 12.4. The van der Waals surface area contributed by atoms with Crippen molar-refractivity contribution in [2.24, 2.45) is 0 Å². The van der Waals surface area contributed by atoms with Crippen molar-refractivity contribution in [3.63, 3.8) is 0 Å². The third-order valence-corrected chi connectivity index (χ3v) is 4.28. The van der Waals surface area contributed by atoms with Gasteiger partial charge in [-0.1, -0.05) is 62.2 Å². The number of halogens is 2. The van der Waals surface area contributed by atoms with Crippen LogP contribution in [0.5, 0.6) is 0 Å². The third-order valence-electron chi connectivity index (χ3n) is 1.93. The molecule has 0 radical (unpaired) electrons. The van der Waals surface area contributed by atoms with Crippen LogP contribution in [0.4, 0.5) is 0 Å². The number of hydrogen-bond donors (Lipinski definition) is 0. The minimum Gasteiger partial charge on any atom is -0.103 e. The van der Waals surface area contributed by atoms with Crippen molar-refractivity contribution in [2.45, 2.75) is 36.9 Å². The van der Waals surface area contributed by atoms with Crippen molar-refractivity contribution in [3.05, 3.63) is 37.0 Å². The second kappa shape index (κ2) is 12.3. The Hall–Kier alpha value is 0.180. The maximum atomic E-state index is 3.69. The van der Waals surface area contributed by atoms with E-state index in [4.69, 9.17) is 0 Å².